The molecule has 9 N–H and O–H groups in total. The zero-order chi connectivity index (χ0) is 26.7. The molecule has 35 heavy (non-hydrogen) atoms. The highest BCUT2D eigenvalue weighted by atomic mass is 16.4. The fourth-order valence-corrected chi connectivity index (χ4v) is 3.07. The van der Waals surface area contributed by atoms with Gasteiger partial charge in [0.25, 0.3) is 0 Å². The number of carboxylic acids is 2. The van der Waals surface area contributed by atoms with Gasteiger partial charge in [0, 0.05) is 6.42 Å². The SMILES string of the molecule is CC(C)CC(NC(=O)C(CO)NC(=O)C(Cc1ccc(O)cc1)NC(=O)C(N)CC(=O)O)C(=O)O. The van der Waals surface area contributed by atoms with Crippen LogP contribution in [0, 0.1) is 5.92 Å². The summed E-state index contributed by atoms with van der Waals surface area (Å²) >= 11 is 0. The summed E-state index contributed by atoms with van der Waals surface area (Å²) in [6.45, 7) is 2.67. The van der Waals surface area contributed by atoms with E-state index in [1.54, 1.807) is 13.8 Å². The molecule has 13 heteroatoms. The molecule has 0 aromatic heterocycles. The molecule has 0 aliphatic rings. The van der Waals surface area contributed by atoms with Gasteiger partial charge >= 0.3 is 11.9 Å². The minimum Gasteiger partial charge on any atom is -0.508 e. The summed E-state index contributed by atoms with van der Waals surface area (Å²) in [6.07, 6.45) is -0.690. The van der Waals surface area contributed by atoms with Gasteiger partial charge in [-0.25, -0.2) is 4.79 Å². The lowest BCUT2D eigenvalue weighted by atomic mass is 10.0. The van der Waals surface area contributed by atoms with Gasteiger partial charge in [-0.05, 0) is 30.0 Å². The molecule has 0 heterocycles. The third-order valence-electron chi connectivity index (χ3n) is 4.88. The zero-order valence-corrected chi connectivity index (χ0v) is 19.4. The monoisotopic (exact) mass is 496 g/mol. The lowest BCUT2D eigenvalue weighted by Gasteiger charge is -2.24. The second kappa shape index (κ2) is 13.9. The molecule has 1 rings (SSSR count). The standard InChI is InChI=1S/C22H32N4O9/c1-11(2)7-16(22(34)35)25-21(33)17(10-27)26-20(32)15(8-12-3-5-13(28)6-4-12)24-19(31)14(23)9-18(29)30/h3-6,11,14-17,27-28H,7-10,23H2,1-2H3,(H,24,31)(H,25,33)(H,26,32)(H,29,30)(H,34,35). The number of hydrogen-bond acceptors (Lipinski definition) is 8. The minimum absolute atomic E-state index is 0.0336. The molecule has 0 spiro atoms. The maximum atomic E-state index is 12.9. The summed E-state index contributed by atoms with van der Waals surface area (Å²) in [5.41, 5.74) is 6.06. The fraction of sp³-hybridized carbons (Fsp3) is 0.500. The van der Waals surface area contributed by atoms with Crippen molar-refractivity contribution in [1.82, 2.24) is 16.0 Å². The summed E-state index contributed by atoms with van der Waals surface area (Å²) in [4.78, 5) is 60.0. The van der Waals surface area contributed by atoms with Crippen LogP contribution in [0.5, 0.6) is 5.75 Å². The van der Waals surface area contributed by atoms with E-state index >= 15 is 0 Å². The molecule has 0 saturated heterocycles. The molecule has 0 aliphatic carbocycles. The van der Waals surface area contributed by atoms with E-state index in [1.165, 1.54) is 24.3 Å². The summed E-state index contributed by atoms with van der Waals surface area (Å²) < 4.78 is 0. The topological polar surface area (TPSA) is 228 Å². The lowest BCUT2D eigenvalue weighted by molar-refractivity contribution is -0.143. The first-order chi connectivity index (χ1) is 16.3. The summed E-state index contributed by atoms with van der Waals surface area (Å²) in [5, 5.41) is 44.1. The molecule has 0 radical (unpaired) electrons. The molecule has 1 aromatic carbocycles. The molecular weight excluding hydrogens is 464 g/mol. The van der Waals surface area contributed by atoms with Crippen molar-refractivity contribution in [3.8, 4) is 5.75 Å². The average molecular weight is 497 g/mol. The van der Waals surface area contributed by atoms with E-state index in [9.17, 15) is 39.3 Å². The number of aliphatic hydroxyl groups is 1. The van der Waals surface area contributed by atoms with Crippen LogP contribution in [-0.2, 0) is 30.4 Å². The Kier molecular flexibility index (Phi) is 11.6. The van der Waals surface area contributed by atoms with Crippen molar-refractivity contribution < 1.29 is 44.4 Å². The van der Waals surface area contributed by atoms with Crippen LogP contribution in [0.4, 0.5) is 0 Å². The van der Waals surface area contributed by atoms with E-state index in [4.69, 9.17) is 10.8 Å². The van der Waals surface area contributed by atoms with Crippen LogP contribution < -0.4 is 21.7 Å². The number of aliphatic carboxylic acids is 2. The van der Waals surface area contributed by atoms with E-state index in [2.05, 4.69) is 16.0 Å². The van der Waals surface area contributed by atoms with Gasteiger partial charge in [-0.15, -0.1) is 0 Å². The highest BCUT2D eigenvalue weighted by Crippen LogP contribution is 2.12. The van der Waals surface area contributed by atoms with Crippen molar-refractivity contribution in [3.05, 3.63) is 29.8 Å². The number of carbonyl (C=O) groups is 5. The largest absolute Gasteiger partial charge is 0.508 e. The molecule has 13 nitrogen and oxygen atoms in total. The Balaban J connectivity index is 3.02. The predicted octanol–water partition coefficient (Wildman–Crippen LogP) is -1.69. The second-order valence-electron chi connectivity index (χ2n) is 8.41. The number of aromatic hydroxyl groups is 1. The Morgan fingerprint density at radius 2 is 1.37 bits per heavy atom. The van der Waals surface area contributed by atoms with Gasteiger partial charge in [0.1, 0.15) is 23.9 Å². The molecule has 0 bridgehead atoms. The normalized spacial score (nSPS) is 14.3. The third-order valence-corrected chi connectivity index (χ3v) is 4.88. The number of nitrogens with one attached hydrogen (secondary N) is 3. The number of nitrogens with two attached hydrogens (primary N) is 1. The van der Waals surface area contributed by atoms with Crippen LogP contribution in [0.15, 0.2) is 24.3 Å². The first-order valence-electron chi connectivity index (χ1n) is 10.8. The Morgan fingerprint density at radius 3 is 1.86 bits per heavy atom. The average Bonchev–Trinajstić information content (AvgIpc) is 2.76. The number of hydrogen-bond donors (Lipinski definition) is 8. The van der Waals surface area contributed by atoms with Crippen molar-refractivity contribution in [2.24, 2.45) is 11.7 Å². The molecule has 4 atom stereocenters. The first kappa shape index (κ1) is 29.3. The van der Waals surface area contributed by atoms with Gasteiger partial charge in [-0.1, -0.05) is 26.0 Å². The number of benzene rings is 1. The number of phenols is 1. The summed E-state index contributed by atoms with van der Waals surface area (Å²) in [6, 6.07) is 0.127. The molecule has 194 valence electrons. The number of carbonyl (C=O) groups excluding carboxylic acids is 3. The van der Waals surface area contributed by atoms with Gasteiger partial charge in [0.15, 0.2) is 0 Å². The zero-order valence-electron chi connectivity index (χ0n) is 19.4. The second-order valence-corrected chi connectivity index (χ2v) is 8.41. The molecule has 0 saturated carbocycles. The van der Waals surface area contributed by atoms with Crippen molar-refractivity contribution in [2.45, 2.75) is 57.3 Å². The highest BCUT2D eigenvalue weighted by molar-refractivity contribution is 5.94. The number of aliphatic hydroxyl groups excluding tert-OH is 1. The van der Waals surface area contributed by atoms with Crippen LogP contribution in [0.2, 0.25) is 0 Å². The van der Waals surface area contributed by atoms with E-state index in [-0.39, 0.29) is 24.5 Å². The van der Waals surface area contributed by atoms with Crippen molar-refractivity contribution >= 4 is 29.7 Å². The van der Waals surface area contributed by atoms with E-state index in [0.29, 0.717) is 5.56 Å². The number of amides is 3. The van der Waals surface area contributed by atoms with Crippen LogP contribution in [0.1, 0.15) is 32.3 Å². The summed E-state index contributed by atoms with van der Waals surface area (Å²) in [5.74, 6) is -5.46. The van der Waals surface area contributed by atoms with Crippen LogP contribution in [0.25, 0.3) is 0 Å². The van der Waals surface area contributed by atoms with Crippen molar-refractivity contribution in [2.75, 3.05) is 6.61 Å². The van der Waals surface area contributed by atoms with E-state index < -0.39 is 66.9 Å². The predicted molar refractivity (Wildman–Crippen MR) is 122 cm³/mol. The van der Waals surface area contributed by atoms with Crippen LogP contribution >= 0.6 is 0 Å². The fourth-order valence-electron chi connectivity index (χ4n) is 3.07. The van der Waals surface area contributed by atoms with Crippen LogP contribution in [0.3, 0.4) is 0 Å². The van der Waals surface area contributed by atoms with E-state index in [0.717, 1.165) is 0 Å². The van der Waals surface area contributed by atoms with Crippen LogP contribution in [-0.4, -0.2) is 80.9 Å². The quantitative estimate of drug-likeness (QED) is 0.146. The van der Waals surface area contributed by atoms with Gasteiger partial charge < -0.3 is 42.1 Å². The molecule has 0 fully saturated rings. The van der Waals surface area contributed by atoms with Gasteiger partial charge in [0.2, 0.25) is 17.7 Å². The number of carboxylic acid groups (broad SMARTS) is 2. The number of rotatable bonds is 14. The van der Waals surface area contributed by atoms with Gasteiger partial charge in [-0.3, -0.25) is 19.2 Å². The Hall–Kier alpha value is -3.71. The highest BCUT2D eigenvalue weighted by Gasteiger charge is 2.30. The minimum atomic E-state index is -1.52. The lowest BCUT2D eigenvalue weighted by Crippen LogP contribution is -2.58. The maximum absolute atomic E-state index is 12.9. The maximum Gasteiger partial charge on any atom is 0.326 e. The molecule has 4 unspecified atom stereocenters. The molecular formula is C22H32N4O9. The third kappa shape index (κ3) is 10.4. The molecule has 3 amide bonds. The van der Waals surface area contributed by atoms with Crippen molar-refractivity contribution in [3.63, 3.8) is 0 Å². The van der Waals surface area contributed by atoms with Gasteiger partial charge in [-0.2, -0.15) is 0 Å². The Morgan fingerprint density at radius 1 is 0.857 bits per heavy atom. The first-order valence-corrected chi connectivity index (χ1v) is 10.8. The van der Waals surface area contributed by atoms with Gasteiger partial charge in [0.05, 0.1) is 19.1 Å². The molecule has 0 aliphatic heterocycles. The summed E-state index contributed by atoms with van der Waals surface area (Å²) in [7, 11) is 0. The Labute approximate surface area is 201 Å². The van der Waals surface area contributed by atoms with Crippen molar-refractivity contribution in [1.29, 1.82) is 0 Å². The van der Waals surface area contributed by atoms with E-state index in [1.807, 2.05) is 0 Å². The molecule has 1 aromatic rings. The smallest absolute Gasteiger partial charge is 0.326 e. The number of phenolic OH excluding ortho intramolecular Hbond substituents is 1. The Bertz CT molecular complexity index is 905.